The summed E-state index contributed by atoms with van der Waals surface area (Å²) in [4.78, 5) is 3.96. The molecule has 1 aromatic rings. The van der Waals surface area contributed by atoms with Crippen LogP contribution in [0.4, 0.5) is 4.39 Å². The third-order valence-corrected chi connectivity index (χ3v) is 2.11. The van der Waals surface area contributed by atoms with E-state index >= 15 is 0 Å². The predicted octanol–water partition coefficient (Wildman–Crippen LogP) is 1.16. The Labute approximate surface area is 89.4 Å². The first kappa shape index (κ1) is 11.5. The van der Waals surface area contributed by atoms with E-state index < -0.39 is 0 Å². The zero-order valence-corrected chi connectivity index (χ0v) is 9.05. The number of rotatable bonds is 3. The molecule has 0 saturated carbocycles. The maximum atomic E-state index is 13.2. The number of nitrogens with one attached hydrogen (secondary N) is 2. The van der Waals surface area contributed by atoms with Crippen LogP contribution in [0.1, 0.15) is 5.56 Å². The average Bonchev–Trinajstić information content (AvgIpc) is 2.27. The molecule has 0 saturated heterocycles. The van der Waals surface area contributed by atoms with Crippen molar-refractivity contribution in [3.63, 3.8) is 0 Å². The summed E-state index contributed by atoms with van der Waals surface area (Å²) in [5.41, 5.74) is 0.719. The van der Waals surface area contributed by atoms with Gasteiger partial charge in [0.2, 0.25) is 0 Å². The van der Waals surface area contributed by atoms with Gasteiger partial charge < -0.3 is 10.6 Å². The molecular weight excluding hydrogens is 193 g/mol. The second-order valence-corrected chi connectivity index (χ2v) is 3.09. The highest BCUT2D eigenvalue weighted by atomic mass is 19.1. The molecule has 0 aliphatic rings. The summed E-state index contributed by atoms with van der Waals surface area (Å²) in [6.45, 7) is 0.661. The van der Waals surface area contributed by atoms with Gasteiger partial charge in [0.15, 0.2) is 5.96 Å². The van der Waals surface area contributed by atoms with E-state index in [1.165, 1.54) is 6.07 Å². The lowest BCUT2D eigenvalue weighted by Gasteiger charge is -2.08. The maximum Gasteiger partial charge on any atom is 0.190 e. The van der Waals surface area contributed by atoms with Crippen LogP contribution in [0, 0.1) is 5.82 Å². The van der Waals surface area contributed by atoms with Gasteiger partial charge in [0.05, 0.1) is 0 Å². The summed E-state index contributed by atoms with van der Waals surface area (Å²) >= 11 is 0. The van der Waals surface area contributed by atoms with Gasteiger partial charge in [-0.2, -0.15) is 0 Å². The van der Waals surface area contributed by atoms with Gasteiger partial charge in [-0.25, -0.2) is 4.39 Å². The second-order valence-electron chi connectivity index (χ2n) is 3.09. The summed E-state index contributed by atoms with van der Waals surface area (Å²) in [6, 6.07) is 6.80. The number of hydrogen-bond acceptors (Lipinski definition) is 1. The van der Waals surface area contributed by atoms with Crippen LogP contribution in [-0.4, -0.2) is 26.6 Å². The van der Waals surface area contributed by atoms with Crippen LogP contribution in [0.5, 0.6) is 0 Å². The molecule has 0 radical (unpaired) electrons. The van der Waals surface area contributed by atoms with E-state index in [1.807, 2.05) is 6.07 Å². The van der Waals surface area contributed by atoms with Crippen molar-refractivity contribution in [3.8, 4) is 0 Å². The highest BCUT2D eigenvalue weighted by Gasteiger charge is 2.00. The number of benzene rings is 1. The van der Waals surface area contributed by atoms with Crippen LogP contribution in [-0.2, 0) is 6.42 Å². The van der Waals surface area contributed by atoms with E-state index in [2.05, 4.69) is 15.6 Å². The predicted molar refractivity (Wildman–Crippen MR) is 60.5 cm³/mol. The lowest BCUT2D eigenvalue weighted by atomic mass is 10.1. The largest absolute Gasteiger partial charge is 0.359 e. The molecule has 1 aromatic carbocycles. The molecule has 3 nitrogen and oxygen atoms in total. The lowest BCUT2D eigenvalue weighted by molar-refractivity contribution is 0.607. The fourth-order valence-corrected chi connectivity index (χ4v) is 1.30. The highest BCUT2D eigenvalue weighted by Crippen LogP contribution is 2.05. The topological polar surface area (TPSA) is 36.4 Å². The first-order valence-electron chi connectivity index (χ1n) is 4.89. The molecule has 4 heteroatoms. The number of nitrogens with zero attached hydrogens (tertiary/aromatic N) is 1. The van der Waals surface area contributed by atoms with Gasteiger partial charge in [0.25, 0.3) is 0 Å². The summed E-state index contributed by atoms with van der Waals surface area (Å²) in [5, 5.41) is 5.96. The highest BCUT2D eigenvalue weighted by molar-refractivity contribution is 5.79. The SMILES string of the molecule is CN=C(NC)NCCc1ccccc1F. The molecule has 0 aromatic heterocycles. The van der Waals surface area contributed by atoms with Crippen molar-refractivity contribution in [1.82, 2.24) is 10.6 Å². The fourth-order valence-electron chi connectivity index (χ4n) is 1.30. The van der Waals surface area contributed by atoms with Crippen molar-refractivity contribution in [3.05, 3.63) is 35.6 Å². The minimum Gasteiger partial charge on any atom is -0.359 e. The van der Waals surface area contributed by atoms with E-state index in [9.17, 15) is 4.39 Å². The van der Waals surface area contributed by atoms with E-state index in [0.29, 0.717) is 18.9 Å². The van der Waals surface area contributed by atoms with Crippen molar-refractivity contribution in [2.75, 3.05) is 20.6 Å². The molecular formula is C11H16FN3. The Morgan fingerprint density at radius 3 is 2.73 bits per heavy atom. The molecule has 0 amide bonds. The Morgan fingerprint density at radius 2 is 2.13 bits per heavy atom. The van der Waals surface area contributed by atoms with Gasteiger partial charge in [0, 0.05) is 20.6 Å². The monoisotopic (exact) mass is 209 g/mol. The molecule has 15 heavy (non-hydrogen) atoms. The Balaban J connectivity index is 2.41. The Morgan fingerprint density at radius 1 is 1.40 bits per heavy atom. The third-order valence-electron chi connectivity index (χ3n) is 2.11. The number of halogens is 1. The normalized spacial score (nSPS) is 11.3. The average molecular weight is 209 g/mol. The van der Waals surface area contributed by atoms with Gasteiger partial charge in [0.1, 0.15) is 5.82 Å². The molecule has 2 N–H and O–H groups in total. The molecule has 0 unspecified atom stereocenters. The van der Waals surface area contributed by atoms with Gasteiger partial charge in [-0.15, -0.1) is 0 Å². The van der Waals surface area contributed by atoms with Gasteiger partial charge in [-0.3, -0.25) is 4.99 Å². The van der Waals surface area contributed by atoms with Crippen LogP contribution in [0.25, 0.3) is 0 Å². The quantitative estimate of drug-likeness (QED) is 0.579. The Kier molecular flexibility index (Phi) is 4.60. The van der Waals surface area contributed by atoms with Gasteiger partial charge in [-0.05, 0) is 18.1 Å². The molecule has 0 spiro atoms. The third kappa shape index (κ3) is 3.58. The molecule has 0 atom stereocenters. The molecule has 82 valence electrons. The molecule has 0 bridgehead atoms. The minimum absolute atomic E-state index is 0.154. The van der Waals surface area contributed by atoms with Crippen molar-refractivity contribution >= 4 is 5.96 Å². The lowest BCUT2D eigenvalue weighted by Crippen LogP contribution is -2.35. The number of hydrogen-bond donors (Lipinski definition) is 2. The van der Waals surface area contributed by atoms with Crippen LogP contribution in [0.3, 0.4) is 0 Å². The van der Waals surface area contributed by atoms with Crippen LogP contribution >= 0.6 is 0 Å². The van der Waals surface area contributed by atoms with Crippen molar-refractivity contribution in [2.24, 2.45) is 4.99 Å². The van der Waals surface area contributed by atoms with E-state index in [-0.39, 0.29) is 5.82 Å². The molecule has 1 rings (SSSR count). The van der Waals surface area contributed by atoms with Crippen LogP contribution in [0.15, 0.2) is 29.3 Å². The van der Waals surface area contributed by atoms with Crippen LogP contribution < -0.4 is 10.6 Å². The summed E-state index contributed by atoms with van der Waals surface area (Å²) in [6.07, 6.45) is 0.646. The summed E-state index contributed by atoms with van der Waals surface area (Å²) < 4.78 is 13.2. The zero-order valence-electron chi connectivity index (χ0n) is 9.05. The van der Waals surface area contributed by atoms with Crippen molar-refractivity contribution in [1.29, 1.82) is 0 Å². The summed E-state index contributed by atoms with van der Waals surface area (Å²) in [7, 11) is 3.49. The first-order chi connectivity index (χ1) is 7.27. The number of guanidine groups is 1. The minimum atomic E-state index is -0.154. The van der Waals surface area contributed by atoms with E-state index in [1.54, 1.807) is 26.2 Å². The fraction of sp³-hybridized carbons (Fsp3) is 0.364. The van der Waals surface area contributed by atoms with Crippen molar-refractivity contribution < 1.29 is 4.39 Å². The van der Waals surface area contributed by atoms with E-state index in [4.69, 9.17) is 0 Å². The smallest absolute Gasteiger partial charge is 0.190 e. The van der Waals surface area contributed by atoms with Crippen molar-refractivity contribution in [2.45, 2.75) is 6.42 Å². The molecule has 0 aliphatic heterocycles. The Bertz CT molecular complexity index is 336. The standard InChI is InChI=1S/C11H16FN3/c1-13-11(14-2)15-8-7-9-5-3-4-6-10(9)12/h3-6H,7-8H2,1-2H3,(H2,13,14,15). The number of aliphatic imine (C=N–C) groups is 1. The van der Waals surface area contributed by atoms with Crippen LogP contribution in [0.2, 0.25) is 0 Å². The molecule has 0 fully saturated rings. The maximum absolute atomic E-state index is 13.2. The first-order valence-corrected chi connectivity index (χ1v) is 4.89. The zero-order chi connectivity index (χ0) is 11.1. The van der Waals surface area contributed by atoms with E-state index in [0.717, 1.165) is 5.56 Å². The Hall–Kier alpha value is -1.58. The second kappa shape index (κ2) is 6.01. The molecule has 0 heterocycles. The van der Waals surface area contributed by atoms with Gasteiger partial charge in [-0.1, -0.05) is 18.2 Å². The summed E-state index contributed by atoms with van der Waals surface area (Å²) in [5.74, 6) is 0.560. The molecule has 0 aliphatic carbocycles. The van der Waals surface area contributed by atoms with Gasteiger partial charge >= 0.3 is 0 Å².